The Bertz CT molecular complexity index is 1080. The number of nitrogens with zero attached hydrogens (tertiary/aromatic N) is 2. The van der Waals surface area contributed by atoms with E-state index in [1.54, 1.807) is 42.9 Å². The molecule has 0 saturated heterocycles. The van der Waals surface area contributed by atoms with E-state index in [2.05, 4.69) is 5.32 Å². The van der Waals surface area contributed by atoms with Gasteiger partial charge in [-0.3, -0.25) is 14.3 Å². The van der Waals surface area contributed by atoms with Gasteiger partial charge in [-0.15, -0.1) is 0 Å². The fraction of sp³-hybridized carbons (Fsp3) is 0.100. The molecule has 3 rings (SSSR count). The van der Waals surface area contributed by atoms with Crippen LogP contribution in [0.25, 0.3) is 11.8 Å². The van der Waals surface area contributed by atoms with Crippen molar-refractivity contribution in [1.82, 2.24) is 9.36 Å². The number of benzene rings is 2. The van der Waals surface area contributed by atoms with Gasteiger partial charge in [-0.1, -0.05) is 47.5 Å². The smallest absolute Gasteiger partial charge is 0.295 e. The summed E-state index contributed by atoms with van der Waals surface area (Å²) in [6.07, 6.45) is 2.95. The Hall–Kier alpha value is -2.76. The first kappa shape index (κ1) is 19.0. The highest BCUT2D eigenvalue weighted by molar-refractivity contribution is 6.42. The van der Waals surface area contributed by atoms with E-state index in [1.807, 2.05) is 30.3 Å². The maximum absolute atomic E-state index is 12.8. The lowest BCUT2D eigenvalue weighted by Gasteiger charge is -2.07. The lowest BCUT2D eigenvalue weighted by Crippen LogP contribution is -2.22. The van der Waals surface area contributed by atoms with E-state index < -0.39 is 5.91 Å². The summed E-state index contributed by atoms with van der Waals surface area (Å²) in [5.41, 5.74) is 2.05. The highest BCUT2D eigenvalue weighted by atomic mass is 35.5. The predicted molar refractivity (Wildman–Crippen MR) is 110 cm³/mol. The largest absolute Gasteiger partial charge is 0.316 e. The summed E-state index contributed by atoms with van der Waals surface area (Å²) in [4.78, 5) is 25.1. The molecule has 0 saturated carbocycles. The minimum atomic E-state index is -0.410. The zero-order valence-corrected chi connectivity index (χ0v) is 16.3. The summed E-state index contributed by atoms with van der Waals surface area (Å²) < 4.78 is 3.21. The number of carbonyl (C=O) groups excluding carboxylic acids is 1. The Labute approximate surface area is 166 Å². The molecule has 0 aliphatic carbocycles. The SMILES string of the molecule is Cc1c(NC(=O)C=Cc2ccc(Cl)c(Cl)c2)c(=O)n(-c2ccccc2)n1C. The van der Waals surface area contributed by atoms with E-state index in [1.165, 1.54) is 10.8 Å². The molecule has 27 heavy (non-hydrogen) atoms. The molecule has 0 aliphatic heterocycles. The van der Waals surface area contributed by atoms with Crippen molar-refractivity contribution in [1.29, 1.82) is 0 Å². The number of rotatable bonds is 4. The monoisotopic (exact) mass is 401 g/mol. The zero-order valence-electron chi connectivity index (χ0n) is 14.7. The average molecular weight is 402 g/mol. The number of anilines is 1. The highest BCUT2D eigenvalue weighted by Gasteiger charge is 2.17. The number of amides is 1. The van der Waals surface area contributed by atoms with E-state index in [4.69, 9.17) is 23.2 Å². The Balaban J connectivity index is 1.85. The first-order valence-electron chi connectivity index (χ1n) is 8.16. The average Bonchev–Trinajstić information content (AvgIpc) is 2.87. The van der Waals surface area contributed by atoms with Crippen LogP contribution in [0.2, 0.25) is 10.0 Å². The molecule has 1 amide bonds. The van der Waals surface area contributed by atoms with Crippen LogP contribution in [0, 0.1) is 6.92 Å². The van der Waals surface area contributed by atoms with E-state index in [0.29, 0.717) is 15.7 Å². The molecule has 1 N–H and O–H groups in total. The molecule has 0 bridgehead atoms. The molecule has 0 spiro atoms. The maximum Gasteiger partial charge on any atom is 0.295 e. The van der Waals surface area contributed by atoms with Crippen molar-refractivity contribution in [3.05, 3.63) is 86.3 Å². The third-order valence-electron chi connectivity index (χ3n) is 4.17. The van der Waals surface area contributed by atoms with Crippen LogP contribution >= 0.6 is 23.2 Å². The van der Waals surface area contributed by atoms with Crippen molar-refractivity contribution in [3.63, 3.8) is 0 Å². The van der Waals surface area contributed by atoms with Gasteiger partial charge in [0, 0.05) is 13.1 Å². The molecule has 0 unspecified atom stereocenters. The van der Waals surface area contributed by atoms with E-state index >= 15 is 0 Å². The van der Waals surface area contributed by atoms with Gasteiger partial charge < -0.3 is 5.32 Å². The Morgan fingerprint density at radius 3 is 2.44 bits per heavy atom. The van der Waals surface area contributed by atoms with Crippen molar-refractivity contribution in [2.24, 2.45) is 7.05 Å². The van der Waals surface area contributed by atoms with Crippen LogP contribution in [0.15, 0.2) is 59.4 Å². The van der Waals surface area contributed by atoms with Crippen molar-refractivity contribution >= 4 is 40.9 Å². The van der Waals surface area contributed by atoms with Crippen LogP contribution in [-0.2, 0) is 11.8 Å². The normalized spacial score (nSPS) is 11.1. The van der Waals surface area contributed by atoms with Gasteiger partial charge in [0.2, 0.25) is 5.91 Å². The molecule has 7 heteroatoms. The van der Waals surface area contributed by atoms with Crippen LogP contribution in [0.4, 0.5) is 5.69 Å². The Kier molecular flexibility index (Phi) is 5.54. The molecule has 2 aromatic carbocycles. The van der Waals surface area contributed by atoms with Gasteiger partial charge in [0.25, 0.3) is 5.56 Å². The lowest BCUT2D eigenvalue weighted by atomic mass is 10.2. The topological polar surface area (TPSA) is 56.0 Å². The maximum atomic E-state index is 12.8. The van der Waals surface area contributed by atoms with Crippen LogP contribution in [0.3, 0.4) is 0 Å². The molecule has 3 aromatic rings. The zero-order chi connectivity index (χ0) is 19.6. The molecule has 5 nitrogen and oxygen atoms in total. The fourth-order valence-electron chi connectivity index (χ4n) is 2.67. The summed E-state index contributed by atoms with van der Waals surface area (Å²) in [7, 11) is 1.77. The third-order valence-corrected chi connectivity index (χ3v) is 4.91. The lowest BCUT2D eigenvalue weighted by molar-refractivity contribution is -0.111. The van der Waals surface area contributed by atoms with E-state index in [0.717, 1.165) is 11.3 Å². The standard InChI is InChI=1S/C20H17Cl2N3O2/c1-13-19(20(27)25(24(13)2)15-6-4-3-5-7-15)23-18(26)11-9-14-8-10-16(21)17(22)12-14/h3-12H,1-2H3,(H,23,26). The quantitative estimate of drug-likeness (QED) is 0.656. The van der Waals surface area contributed by atoms with E-state index in [9.17, 15) is 9.59 Å². The van der Waals surface area contributed by atoms with Crippen LogP contribution in [0.1, 0.15) is 11.3 Å². The molecule has 0 radical (unpaired) electrons. The van der Waals surface area contributed by atoms with Gasteiger partial charge in [-0.25, -0.2) is 4.68 Å². The summed E-state index contributed by atoms with van der Waals surface area (Å²) in [6, 6.07) is 14.3. The van der Waals surface area contributed by atoms with Gasteiger partial charge in [0.15, 0.2) is 0 Å². The fourth-order valence-corrected chi connectivity index (χ4v) is 2.97. The van der Waals surface area contributed by atoms with Crippen LogP contribution in [-0.4, -0.2) is 15.3 Å². The minimum absolute atomic E-state index is 0.241. The van der Waals surface area contributed by atoms with Crippen LogP contribution in [0.5, 0.6) is 0 Å². The molecular weight excluding hydrogens is 385 g/mol. The number of hydrogen-bond acceptors (Lipinski definition) is 2. The number of carbonyl (C=O) groups is 1. The second-order valence-electron chi connectivity index (χ2n) is 5.93. The van der Waals surface area contributed by atoms with E-state index in [-0.39, 0.29) is 11.2 Å². The first-order valence-corrected chi connectivity index (χ1v) is 8.92. The van der Waals surface area contributed by atoms with Crippen LogP contribution < -0.4 is 10.9 Å². The van der Waals surface area contributed by atoms with Gasteiger partial charge in [-0.05, 0) is 42.8 Å². The summed E-state index contributed by atoms with van der Waals surface area (Å²) in [5, 5.41) is 3.52. The molecule has 138 valence electrons. The number of hydrogen-bond donors (Lipinski definition) is 1. The Morgan fingerprint density at radius 2 is 1.78 bits per heavy atom. The molecule has 0 fully saturated rings. The molecule has 1 heterocycles. The van der Waals surface area contributed by atoms with Gasteiger partial charge in [-0.2, -0.15) is 0 Å². The third kappa shape index (κ3) is 3.99. The second kappa shape index (κ2) is 7.86. The highest BCUT2D eigenvalue weighted by Crippen LogP contribution is 2.23. The number of nitrogens with one attached hydrogen (secondary N) is 1. The number of para-hydroxylation sites is 1. The van der Waals surface area contributed by atoms with Gasteiger partial charge in [0.1, 0.15) is 5.69 Å². The van der Waals surface area contributed by atoms with Crippen molar-refractivity contribution in [2.45, 2.75) is 6.92 Å². The van der Waals surface area contributed by atoms with Crippen molar-refractivity contribution < 1.29 is 4.79 Å². The second-order valence-corrected chi connectivity index (χ2v) is 6.75. The molecule has 0 atom stereocenters. The molecule has 1 aromatic heterocycles. The molecular formula is C20H17Cl2N3O2. The Morgan fingerprint density at radius 1 is 1.07 bits per heavy atom. The predicted octanol–water partition coefficient (Wildman–Crippen LogP) is 4.44. The van der Waals surface area contributed by atoms with Crippen molar-refractivity contribution in [2.75, 3.05) is 5.32 Å². The van der Waals surface area contributed by atoms with Crippen molar-refractivity contribution in [3.8, 4) is 5.69 Å². The van der Waals surface area contributed by atoms with Gasteiger partial charge in [0.05, 0.1) is 21.4 Å². The minimum Gasteiger partial charge on any atom is -0.316 e. The first-order chi connectivity index (χ1) is 12.9. The van der Waals surface area contributed by atoms with Gasteiger partial charge >= 0.3 is 0 Å². The summed E-state index contributed by atoms with van der Waals surface area (Å²) in [5.74, 6) is -0.410. The number of aromatic nitrogens is 2. The molecule has 0 aliphatic rings. The summed E-state index contributed by atoms with van der Waals surface area (Å²) in [6.45, 7) is 1.78. The number of halogens is 2. The summed E-state index contributed by atoms with van der Waals surface area (Å²) >= 11 is 11.8.